The van der Waals surface area contributed by atoms with Crippen LogP contribution in [0.25, 0.3) is 0 Å². The molecule has 0 N–H and O–H groups in total. The highest BCUT2D eigenvalue weighted by molar-refractivity contribution is 5.76. The average Bonchev–Trinajstić information content (AvgIpc) is 2.26. The Balaban J connectivity index is 4.36. The molecule has 0 aromatic heterocycles. The molecule has 0 fully saturated rings. The molecule has 0 heterocycles. The van der Waals surface area contributed by atoms with Crippen molar-refractivity contribution in [2.24, 2.45) is 17.8 Å². The molecule has 94 valence electrons. The fraction of sp³-hybridized carbons (Fsp3) is 0.833. The zero-order valence-corrected chi connectivity index (χ0v) is 10.8. The van der Waals surface area contributed by atoms with E-state index in [0.29, 0.717) is 13.2 Å². The molecule has 4 heteroatoms. The van der Waals surface area contributed by atoms with E-state index in [0.717, 1.165) is 0 Å². The smallest absolute Gasteiger partial charge is 0.308 e. The Morgan fingerprint density at radius 3 is 1.44 bits per heavy atom. The number of rotatable bonds is 6. The number of esters is 2. The maximum absolute atomic E-state index is 11.5. The number of hydrogen-bond donors (Lipinski definition) is 0. The third-order valence-electron chi connectivity index (χ3n) is 2.89. The zero-order valence-electron chi connectivity index (χ0n) is 10.8. The first-order valence-electron chi connectivity index (χ1n) is 5.78. The summed E-state index contributed by atoms with van der Waals surface area (Å²) in [7, 11) is 0. The van der Waals surface area contributed by atoms with Gasteiger partial charge in [-0.3, -0.25) is 9.59 Å². The molecule has 0 aromatic carbocycles. The van der Waals surface area contributed by atoms with E-state index >= 15 is 0 Å². The highest BCUT2D eigenvalue weighted by Crippen LogP contribution is 2.22. The van der Waals surface area contributed by atoms with Crippen molar-refractivity contribution in [3.8, 4) is 0 Å². The predicted octanol–water partition coefficient (Wildman–Crippen LogP) is 2.02. The van der Waals surface area contributed by atoms with Gasteiger partial charge in [-0.25, -0.2) is 0 Å². The maximum Gasteiger partial charge on any atom is 0.308 e. The Morgan fingerprint density at radius 2 is 1.19 bits per heavy atom. The fourth-order valence-electron chi connectivity index (χ4n) is 1.41. The molecule has 0 aliphatic rings. The van der Waals surface area contributed by atoms with Crippen LogP contribution in [0.4, 0.5) is 0 Å². The van der Waals surface area contributed by atoms with E-state index in [1.54, 1.807) is 27.7 Å². The van der Waals surface area contributed by atoms with Crippen molar-refractivity contribution in [2.45, 2.75) is 34.6 Å². The van der Waals surface area contributed by atoms with Gasteiger partial charge in [0, 0.05) is 0 Å². The first-order chi connectivity index (χ1) is 7.45. The lowest BCUT2D eigenvalue weighted by atomic mass is 9.85. The van der Waals surface area contributed by atoms with Gasteiger partial charge in [0.1, 0.15) is 0 Å². The minimum Gasteiger partial charge on any atom is -0.466 e. The predicted molar refractivity (Wildman–Crippen MR) is 60.8 cm³/mol. The highest BCUT2D eigenvalue weighted by Gasteiger charge is 2.30. The molecule has 16 heavy (non-hydrogen) atoms. The molecule has 0 saturated heterocycles. The zero-order chi connectivity index (χ0) is 12.7. The summed E-state index contributed by atoms with van der Waals surface area (Å²) in [5.41, 5.74) is 0. The van der Waals surface area contributed by atoms with Gasteiger partial charge in [-0.1, -0.05) is 20.8 Å². The Labute approximate surface area is 97.3 Å². The summed E-state index contributed by atoms with van der Waals surface area (Å²) >= 11 is 0. The van der Waals surface area contributed by atoms with Crippen molar-refractivity contribution in [1.82, 2.24) is 0 Å². The summed E-state index contributed by atoms with van der Waals surface area (Å²) in [4.78, 5) is 23.0. The standard InChI is InChI=1S/C12H22O4/c1-6-15-11(13)9(4)8(3)10(5)12(14)16-7-2/h8-10H,6-7H2,1-5H3. The molecule has 0 amide bonds. The minimum absolute atomic E-state index is 0.0851. The summed E-state index contributed by atoms with van der Waals surface area (Å²) in [6, 6.07) is 0. The Morgan fingerprint density at radius 1 is 0.875 bits per heavy atom. The van der Waals surface area contributed by atoms with Crippen LogP contribution in [0.1, 0.15) is 34.6 Å². The van der Waals surface area contributed by atoms with Gasteiger partial charge < -0.3 is 9.47 Å². The second-order valence-corrected chi connectivity index (χ2v) is 3.94. The lowest BCUT2D eigenvalue weighted by Gasteiger charge is -2.23. The molecule has 0 spiro atoms. The summed E-state index contributed by atoms with van der Waals surface area (Å²) in [5.74, 6) is -1.19. The van der Waals surface area contributed by atoms with E-state index in [1.165, 1.54) is 0 Å². The highest BCUT2D eigenvalue weighted by atomic mass is 16.5. The van der Waals surface area contributed by atoms with Crippen LogP contribution in [0.2, 0.25) is 0 Å². The van der Waals surface area contributed by atoms with Crippen LogP contribution in [0.15, 0.2) is 0 Å². The normalized spacial score (nSPS) is 16.1. The number of ether oxygens (including phenoxy) is 2. The largest absolute Gasteiger partial charge is 0.466 e. The van der Waals surface area contributed by atoms with Gasteiger partial charge in [-0.15, -0.1) is 0 Å². The third-order valence-corrected chi connectivity index (χ3v) is 2.89. The molecule has 0 saturated carbocycles. The molecule has 0 aromatic rings. The van der Waals surface area contributed by atoms with E-state index in [1.807, 2.05) is 6.92 Å². The van der Waals surface area contributed by atoms with Gasteiger partial charge in [0.15, 0.2) is 0 Å². The number of hydrogen-bond acceptors (Lipinski definition) is 4. The second-order valence-electron chi connectivity index (χ2n) is 3.94. The second kappa shape index (κ2) is 7.25. The molecular formula is C12H22O4. The number of carbonyl (C=O) groups excluding carboxylic acids is 2. The SMILES string of the molecule is CCOC(=O)C(C)C(C)C(C)C(=O)OCC. The number of carbonyl (C=O) groups is 2. The van der Waals surface area contributed by atoms with Crippen LogP contribution in [0.3, 0.4) is 0 Å². The van der Waals surface area contributed by atoms with Gasteiger partial charge in [0.2, 0.25) is 0 Å². The quantitative estimate of drug-likeness (QED) is 0.655. The van der Waals surface area contributed by atoms with Crippen molar-refractivity contribution in [2.75, 3.05) is 13.2 Å². The Kier molecular flexibility index (Phi) is 6.77. The average molecular weight is 230 g/mol. The third kappa shape index (κ3) is 4.21. The summed E-state index contributed by atoms with van der Waals surface area (Å²) < 4.78 is 9.85. The van der Waals surface area contributed by atoms with Crippen molar-refractivity contribution in [3.63, 3.8) is 0 Å². The van der Waals surface area contributed by atoms with Crippen LogP contribution in [0.5, 0.6) is 0 Å². The Bertz CT molecular complexity index is 213. The van der Waals surface area contributed by atoms with Gasteiger partial charge in [0.25, 0.3) is 0 Å². The summed E-state index contributed by atoms with van der Waals surface area (Å²) in [6.07, 6.45) is 0. The van der Waals surface area contributed by atoms with Crippen LogP contribution in [-0.2, 0) is 19.1 Å². The van der Waals surface area contributed by atoms with Crippen LogP contribution >= 0.6 is 0 Å². The topological polar surface area (TPSA) is 52.6 Å². The van der Waals surface area contributed by atoms with Gasteiger partial charge in [0.05, 0.1) is 25.0 Å². The van der Waals surface area contributed by atoms with Crippen molar-refractivity contribution >= 4 is 11.9 Å². The fourth-order valence-corrected chi connectivity index (χ4v) is 1.41. The van der Waals surface area contributed by atoms with E-state index in [9.17, 15) is 9.59 Å². The van der Waals surface area contributed by atoms with Gasteiger partial charge in [-0.05, 0) is 19.8 Å². The van der Waals surface area contributed by atoms with Crippen molar-refractivity contribution in [3.05, 3.63) is 0 Å². The van der Waals surface area contributed by atoms with E-state index in [4.69, 9.17) is 9.47 Å². The first-order valence-corrected chi connectivity index (χ1v) is 5.78. The molecule has 0 rings (SSSR count). The molecule has 2 atom stereocenters. The lowest BCUT2D eigenvalue weighted by Crippen LogP contribution is -2.30. The van der Waals surface area contributed by atoms with E-state index in [2.05, 4.69) is 0 Å². The van der Waals surface area contributed by atoms with E-state index in [-0.39, 0.29) is 29.7 Å². The molecule has 0 radical (unpaired) electrons. The van der Waals surface area contributed by atoms with Crippen LogP contribution < -0.4 is 0 Å². The molecule has 0 bridgehead atoms. The molecule has 2 unspecified atom stereocenters. The van der Waals surface area contributed by atoms with Gasteiger partial charge >= 0.3 is 11.9 Å². The lowest BCUT2D eigenvalue weighted by molar-refractivity contribution is -0.154. The van der Waals surface area contributed by atoms with Crippen LogP contribution in [0, 0.1) is 17.8 Å². The van der Waals surface area contributed by atoms with Crippen molar-refractivity contribution in [1.29, 1.82) is 0 Å². The van der Waals surface area contributed by atoms with E-state index < -0.39 is 0 Å². The first kappa shape index (κ1) is 14.9. The maximum atomic E-state index is 11.5. The molecule has 0 aliphatic heterocycles. The monoisotopic (exact) mass is 230 g/mol. The Hall–Kier alpha value is -1.06. The molecule has 0 aliphatic carbocycles. The summed E-state index contributed by atoms with van der Waals surface area (Å²) in [5, 5.41) is 0. The molecule has 4 nitrogen and oxygen atoms in total. The van der Waals surface area contributed by atoms with Crippen LogP contribution in [-0.4, -0.2) is 25.2 Å². The molecular weight excluding hydrogens is 208 g/mol. The summed E-state index contributed by atoms with van der Waals surface area (Å²) in [6.45, 7) is 9.68. The van der Waals surface area contributed by atoms with Crippen molar-refractivity contribution < 1.29 is 19.1 Å². The minimum atomic E-state index is -0.292. The van der Waals surface area contributed by atoms with Gasteiger partial charge in [-0.2, -0.15) is 0 Å².